The van der Waals surface area contributed by atoms with Gasteiger partial charge in [-0.15, -0.1) is 11.8 Å². The Balaban J connectivity index is 2.04. The van der Waals surface area contributed by atoms with Crippen molar-refractivity contribution in [2.24, 2.45) is 11.8 Å². The summed E-state index contributed by atoms with van der Waals surface area (Å²) in [7, 11) is 0. The third-order valence-corrected chi connectivity index (χ3v) is 6.85. The molecule has 1 N–H and O–H groups in total. The summed E-state index contributed by atoms with van der Waals surface area (Å²) in [5.41, 5.74) is 3.26. The maximum Gasteiger partial charge on any atom is 0.165 e. The van der Waals surface area contributed by atoms with Crippen LogP contribution >= 0.6 is 11.8 Å². The second-order valence-electron chi connectivity index (χ2n) is 9.02. The summed E-state index contributed by atoms with van der Waals surface area (Å²) >= 11 is 1.68. The molecule has 2 atom stereocenters. The van der Waals surface area contributed by atoms with Crippen LogP contribution < -0.4 is 4.74 Å². The number of Topliss-reactive ketones (excluding diaryl/α,β-unsaturated/α-hetero) is 1. The van der Waals surface area contributed by atoms with Crippen LogP contribution in [0, 0.1) is 25.7 Å². The fraction of sp³-hybridized carbons (Fsp3) is 0.444. The van der Waals surface area contributed by atoms with Gasteiger partial charge in [0.2, 0.25) is 0 Å². The quantitative estimate of drug-likeness (QED) is 0.238. The molecule has 0 saturated heterocycles. The fourth-order valence-corrected chi connectivity index (χ4v) is 3.99. The number of hydrogen-bond acceptors (Lipinski definition) is 4. The van der Waals surface area contributed by atoms with Crippen LogP contribution in [0.5, 0.6) is 5.75 Å². The lowest BCUT2D eigenvalue weighted by atomic mass is 9.84. The van der Waals surface area contributed by atoms with E-state index in [4.69, 9.17) is 4.74 Å². The Morgan fingerprint density at radius 1 is 1.13 bits per heavy atom. The van der Waals surface area contributed by atoms with Gasteiger partial charge >= 0.3 is 0 Å². The van der Waals surface area contributed by atoms with Crippen LogP contribution in [0.4, 0.5) is 0 Å². The van der Waals surface area contributed by atoms with E-state index in [1.165, 1.54) is 10.5 Å². The van der Waals surface area contributed by atoms with E-state index in [0.29, 0.717) is 0 Å². The maximum atomic E-state index is 12.9. The van der Waals surface area contributed by atoms with E-state index in [9.17, 15) is 9.90 Å². The Labute approximate surface area is 191 Å². The molecule has 2 aromatic rings. The van der Waals surface area contributed by atoms with Crippen molar-refractivity contribution in [1.29, 1.82) is 0 Å². The molecule has 0 aliphatic heterocycles. The van der Waals surface area contributed by atoms with Crippen LogP contribution in [0.25, 0.3) is 0 Å². The molecule has 2 aromatic carbocycles. The maximum absolute atomic E-state index is 12.9. The first-order valence-corrected chi connectivity index (χ1v) is 12.0. The third-order valence-electron chi connectivity index (χ3n) is 6.10. The average Bonchev–Trinajstić information content (AvgIpc) is 2.73. The number of hydrogen-bond donors (Lipinski definition) is 1. The Morgan fingerprint density at radius 2 is 1.68 bits per heavy atom. The summed E-state index contributed by atoms with van der Waals surface area (Å²) in [5, 5.41) is 9.78. The number of carbonyl (C=O) groups excluding carboxylic acids is 1. The molecule has 0 saturated carbocycles. The van der Waals surface area contributed by atoms with Crippen LogP contribution in [-0.4, -0.2) is 22.7 Å². The molecule has 0 bridgehead atoms. The SMILES string of the molecule is C=C(O)C(C)(C)Oc1c(C)cc(CC[C@H](C)[C@@H](C)C(=O)c2ccc(SC)cc2)cc1C. The number of ether oxygens (including phenoxy) is 1. The lowest BCUT2D eigenvalue weighted by Gasteiger charge is -2.27. The molecule has 3 nitrogen and oxygen atoms in total. The average molecular weight is 441 g/mol. The van der Waals surface area contributed by atoms with Gasteiger partial charge in [0.1, 0.15) is 11.5 Å². The van der Waals surface area contributed by atoms with Gasteiger partial charge in [0.15, 0.2) is 11.4 Å². The molecule has 4 heteroatoms. The Hall–Kier alpha value is -2.20. The van der Waals surface area contributed by atoms with Crippen molar-refractivity contribution in [3.8, 4) is 5.75 Å². The van der Waals surface area contributed by atoms with Crippen molar-refractivity contribution in [2.75, 3.05) is 6.26 Å². The molecule has 0 unspecified atom stereocenters. The molecule has 0 aliphatic rings. The van der Waals surface area contributed by atoms with Gasteiger partial charge < -0.3 is 9.84 Å². The number of aliphatic hydroxyl groups excluding tert-OH is 1. The van der Waals surface area contributed by atoms with Crippen molar-refractivity contribution < 1.29 is 14.6 Å². The van der Waals surface area contributed by atoms with Gasteiger partial charge in [-0.05, 0) is 81.5 Å². The van der Waals surface area contributed by atoms with Gasteiger partial charge in [-0.3, -0.25) is 4.79 Å². The van der Waals surface area contributed by atoms with Crippen LogP contribution in [0.3, 0.4) is 0 Å². The number of aryl methyl sites for hydroxylation is 3. The van der Waals surface area contributed by atoms with E-state index in [-0.39, 0.29) is 23.4 Å². The van der Waals surface area contributed by atoms with Crippen molar-refractivity contribution in [3.63, 3.8) is 0 Å². The van der Waals surface area contributed by atoms with Crippen molar-refractivity contribution in [1.82, 2.24) is 0 Å². The van der Waals surface area contributed by atoms with Crippen molar-refractivity contribution in [2.45, 2.75) is 64.9 Å². The minimum absolute atomic E-state index is 0.00550. The van der Waals surface area contributed by atoms with Gasteiger partial charge in [-0.1, -0.05) is 44.7 Å². The third kappa shape index (κ3) is 6.39. The molecule has 0 radical (unpaired) electrons. The fourth-order valence-electron chi connectivity index (χ4n) is 3.58. The number of ketones is 1. The zero-order valence-electron chi connectivity index (χ0n) is 19.9. The second-order valence-corrected chi connectivity index (χ2v) is 9.89. The van der Waals surface area contributed by atoms with E-state index in [1.54, 1.807) is 25.6 Å². The Bertz CT molecular complexity index is 905. The predicted octanol–water partition coefficient (Wildman–Crippen LogP) is 7.34. The number of rotatable bonds is 10. The number of aliphatic hydroxyl groups is 1. The minimum Gasteiger partial charge on any atom is -0.509 e. The largest absolute Gasteiger partial charge is 0.509 e. The van der Waals surface area contributed by atoms with E-state index >= 15 is 0 Å². The highest BCUT2D eigenvalue weighted by molar-refractivity contribution is 7.98. The Kier molecular flexibility index (Phi) is 8.41. The smallest absolute Gasteiger partial charge is 0.165 e. The normalized spacial score (nSPS) is 13.5. The molecule has 2 rings (SSSR count). The standard InChI is InChI=1S/C27H36O3S/c1-17(20(4)25(29)23-11-13-24(31-8)14-12-23)9-10-22-15-18(2)26(19(3)16-22)30-27(6,7)21(5)28/h11-17,20,28H,5,9-10H2,1-4,6-8H3/t17-,20+/m0/s1. The number of thioether (sulfide) groups is 1. The summed E-state index contributed by atoms with van der Waals surface area (Å²) in [5.74, 6) is 1.25. The Morgan fingerprint density at radius 3 is 2.16 bits per heavy atom. The number of benzene rings is 2. The van der Waals surface area contributed by atoms with Crippen LogP contribution in [-0.2, 0) is 6.42 Å². The summed E-state index contributed by atoms with van der Waals surface area (Å²) in [6.07, 6.45) is 3.88. The monoisotopic (exact) mass is 440 g/mol. The highest BCUT2D eigenvalue weighted by Gasteiger charge is 2.26. The highest BCUT2D eigenvalue weighted by Crippen LogP contribution is 2.31. The first kappa shape index (κ1) is 25.1. The summed E-state index contributed by atoms with van der Waals surface area (Å²) < 4.78 is 6.04. The topological polar surface area (TPSA) is 46.5 Å². The van der Waals surface area contributed by atoms with Gasteiger partial charge in [0, 0.05) is 16.4 Å². The van der Waals surface area contributed by atoms with Gasteiger partial charge in [-0.2, -0.15) is 0 Å². The van der Waals surface area contributed by atoms with E-state index in [1.807, 2.05) is 51.3 Å². The first-order valence-electron chi connectivity index (χ1n) is 10.8. The van der Waals surface area contributed by atoms with Crippen LogP contribution in [0.15, 0.2) is 53.6 Å². The van der Waals surface area contributed by atoms with Gasteiger partial charge in [-0.25, -0.2) is 0 Å². The van der Waals surface area contributed by atoms with Crippen LogP contribution in [0.2, 0.25) is 0 Å². The molecule has 31 heavy (non-hydrogen) atoms. The molecule has 0 heterocycles. The minimum atomic E-state index is -0.838. The summed E-state index contributed by atoms with van der Waals surface area (Å²) in [4.78, 5) is 14.1. The zero-order valence-corrected chi connectivity index (χ0v) is 20.7. The van der Waals surface area contributed by atoms with Gasteiger partial charge in [0.25, 0.3) is 0 Å². The summed E-state index contributed by atoms with van der Waals surface area (Å²) in [6, 6.07) is 12.2. The molecule has 168 valence electrons. The molecular weight excluding hydrogens is 404 g/mol. The van der Waals surface area contributed by atoms with Gasteiger partial charge in [0.05, 0.1) is 0 Å². The van der Waals surface area contributed by atoms with Crippen LogP contribution in [0.1, 0.15) is 61.2 Å². The summed E-state index contributed by atoms with van der Waals surface area (Å²) in [6.45, 7) is 15.5. The highest BCUT2D eigenvalue weighted by atomic mass is 32.2. The molecule has 0 aliphatic carbocycles. The zero-order chi connectivity index (χ0) is 23.3. The second kappa shape index (κ2) is 10.4. The molecule has 0 spiro atoms. The van der Waals surface area contributed by atoms with Crippen molar-refractivity contribution >= 4 is 17.5 Å². The van der Waals surface area contributed by atoms with Crippen molar-refractivity contribution in [3.05, 3.63) is 71.0 Å². The lowest BCUT2D eigenvalue weighted by molar-refractivity contribution is 0.0889. The molecule has 0 amide bonds. The molecule has 0 aromatic heterocycles. The van der Waals surface area contributed by atoms with E-state index in [0.717, 1.165) is 35.3 Å². The lowest BCUT2D eigenvalue weighted by Crippen LogP contribution is -2.30. The molecule has 0 fully saturated rings. The number of carbonyl (C=O) groups is 1. The predicted molar refractivity (Wildman–Crippen MR) is 132 cm³/mol. The molecular formula is C27H36O3S. The van der Waals surface area contributed by atoms with E-state index < -0.39 is 5.60 Å². The first-order chi connectivity index (χ1) is 14.5. The van der Waals surface area contributed by atoms with E-state index in [2.05, 4.69) is 25.6 Å².